The van der Waals surface area contributed by atoms with Crippen LogP contribution in [0.3, 0.4) is 0 Å². The second kappa shape index (κ2) is 7.90. The number of nitro groups is 1. The normalized spacial score (nSPS) is 10.7. The molecular weight excluding hydrogens is 348 g/mol. The molecule has 140 valence electrons. The molecule has 1 N–H and O–H groups in total. The minimum absolute atomic E-state index is 0.136. The molecule has 0 atom stereocenters. The summed E-state index contributed by atoms with van der Waals surface area (Å²) in [6, 6.07) is 11.3. The van der Waals surface area contributed by atoms with Crippen LogP contribution >= 0.6 is 0 Å². The first-order valence-electron chi connectivity index (χ1n) is 8.72. The van der Waals surface area contributed by atoms with E-state index in [1.807, 2.05) is 0 Å². The van der Waals surface area contributed by atoms with Crippen LogP contribution in [0.5, 0.6) is 5.75 Å². The van der Waals surface area contributed by atoms with Crippen LogP contribution in [0.25, 0.3) is 11.0 Å². The number of benzene rings is 2. The van der Waals surface area contributed by atoms with Gasteiger partial charge >= 0.3 is 0 Å². The summed E-state index contributed by atoms with van der Waals surface area (Å²) in [5.41, 5.74) is 0.864. The van der Waals surface area contributed by atoms with E-state index in [1.54, 1.807) is 37.3 Å². The summed E-state index contributed by atoms with van der Waals surface area (Å²) in [7, 11) is 0. The van der Waals surface area contributed by atoms with Gasteiger partial charge in [-0.1, -0.05) is 25.5 Å². The van der Waals surface area contributed by atoms with Crippen molar-refractivity contribution in [2.45, 2.75) is 26.7 Å². The molecule has 1 aromatic heterocycles. The third-order valence-corrected chi connectivity index (χ3v) is 4.18. The van der Waals surface area contributed by atoms with E-state index in [1.165, 1.54) is 12.1 Å². The van der Waals surface area contributed by atoms with Gasteiger partial charge in [-0.3, -0.25) is 14.9 Å². The Morgan fingerprint density at radius 1 is 1.26 bits per heavy atom. The van der Waals surface area contributed by atoms with E-state index in [0.29, 0.717) is 34.6 Å². The first-order valence-corrected chi connectivity index (χ1v) is 8.72. The third-order valence-electron chi connectivity index (χ3n) is 4.18. The molecule has 7 nitrogen and oxygen atoms in total. The average molecular weight is 368 g/mol. The van der Waals surface area contributed by atoms with Crippen molar-refractivity contribution in [3.05, 3.63) is 63.9 Å². The molecule has 3 aromatic rings. The highest BCUT2D eigenvalue weighted by molar-refractivity contribution is 6.14. The topological polar surface area (TPSA) is 94.6 Å². The fourth-order valence-electron chi connectivity index (χ4n) is 2.83. The number of carbonyl (C=O) groups excluding carboxylic acids is 1. The molecule has 2 aromatic carbocycles. The smallest absolute Gasteiger partial charge is 0.292 e. The van der Waals surface area contributed by atoms with Crippen LogP contribution in [-0.4, -0.2) is 17.4 Å². The molecular formula is C20H20N2O5. The summed E-state index contributed by atoms with van der Waals surface area (Å²) in [6.45, 7) is 4.36. The zero-order valence-corrected chi connectivity index (χ0v) is 15.2. The molecule has 0 saturated heterocycles. The predicted octanol–water partition coefficient (Wildman–Crippen LogP) is 5.08. The van der Waals surface area contributed by atoms with Gasteiger partial charge in [0.2, 0.25) is 0 Å². The van der Waals surface area contributed by atoms with Gasteiger partial charge < -0.3 is 14.5 Å². The van der Waals surface area contributed by atoms with E-state index < -0.39 is 10.8 Å². The summed E-state index contributed by atoms with van der Waals surface area (Å²) in [5, 5.41) is 14.4. The molecule has 0 aliphatic heterocycles. The second-order valence-electron chi connectivity index (χ2n) is 6.12. The zero-order valence-electron chi connectivity index (χ0n) is 15.2. The van der Waals surface area contributed by atoms with Gasteiger partial charge in [-0.05, 0) is 37.6 Å². The van der Waals surface area contributed by atoms with Crippen LogP contribution in [0.1, 0.15) is 35.9 Å². The number of rotatable bonds is 7. The lowest BCUT2D eigenvalue weighted by Crippen LogP contribution is -2.13. The van der Waals surface area contributed by atoms with E-state index in [2.05, 4.69) is 12.2 Å². The Hall–Kier alpha value is -3.35. The standard InChI is InChI=1S/C20H20N2O5/c1-3-4-11-26-14-9-10-18-15(12-14)19(13(2)27-18)20(23)21-16-7-5-6-8-17(16)22(24)25/h5-10,12H,3-4,11H2,1-2H3,(H,21,23). The van der Waals surface area contributed by atoms with Gasteiger partial charge in [0.1, 0.15) is 22.8 Å². The quantitative estimate of drug-likeness (QED) is 0.356. The zero-order chi connectivity index (χ0) is 19.4. The maximum Gasteiger partial charge on any atom is 0.292 e. The Morgan fingerprint density at radius 2 is 2.04 bits per heavy atom. The van der Waals surface area contributed by atoms with Crippen molar-refractivity contribution in [3.63, 3.8) is 0 Å². The lowest BCUT2D eigenvalue weighted by molar-refractivity contribution is -0.383. The van der Waals surface area contributed by atoms with Crippen molar-refractivity contribution in [2.75, 3.05) is 11.9 Å². The van der Waals surface area contributed by atoms with Crippen molar-refractivity contribution in [2.24, 2.45) is 0 Å². The van der Waals surface area contributed by atoms with Crippen LogP contribution in [0, 0.1) is 17.0 Å². The van der Waals surface area contributed by atoms with Gasteiger partial charge in [0.05, 0.1) is 17.1 Å². The number of hydrogen-bond donors (Lipinski definition) is 1. The number of anilines is 1. The van der Waals surface area contributed by atoms with Gasteiger partial charge in [0.25, 0.3) is 11.6 Å². The largest absolute Gasteiger partial charge is 0.494 e. The highest BCUT2D eigenvalue weighted by Crippen LogP contribution is 2.31. The molecule has 0 bridgehead atoms. The van der Waals surface area contributed by atoms with Crippen LogP contribution in [0.4, 0.5) is 11.4 Å². The Bertz CT molecular complexity index is 993. The summed E-state index contributed by atoms with van der Waals surface area (Å²) in [4.78, 5) is 23.4. The number of nitrogens with one attached hydrogen (secondary N) is 1. The van der Waals surface area contributed by atoms with Gasteiger partial charge in [0, 0.05) is 11.5 Å². The van der Waals surface area contributed by atoms with Crippen molar-refractivity contribution in [1.82, 2.24) is 0 Å². The van der Waals surface area contributed by atoms with E-state index in [4.69, 9.17) is 9.15 Å². The van der Waals surface area contributed by atoms with Crippen molar-refractivity contribution < 1.29 is 18.9 Å². The van der Waals surface area contributed by atoms with Crippen molar-refractivity contribution >= 4 is 28.3 Å². The third kappa shape index (κ3) is 3.92. The molecule has 0 spiro atoms. The molecule has 27 heavy (non-hydrogen) atoms. The molecule has 0 saturated carbocycles. The molecule has 0 radical (unpaired) electrons. The molecule has 7 heteroatoms. The van der Waals surface area contributed by atoms with Gasteiger partial charge in [-0.15, -0.1) is 0 Å². The van der Waals surface area contributed by atoms with Crippen LogP contribution in [0.2, 0.25) is 0 Å². The van der Waals surface area contributed by atoms with E-state index >= 15 is 0 Å². The molecule has 0 aliphatic rings. The fourth-order valence-corrected chi connectivity index (χ4v) is 2.83. The number of aryl methyl sites for hydroxylation is 1. The predicted molar refractivity (Wildman–Crippen MR) is 102 cm³/mol. The van der Waals surface area contributed by atoms with E-state index in [0.717, 1.165) is 12.8 Å². The van der Waals surface area contributed by atoms with Gasteiger partial charge in [-0.25, -0.2) is 0 Å². The van der Waals surface area contributed by atoms with Gasteiger partial charge in [0.15, 0.2) is 0 Å². The van der Waals surface area contributed by atoms with Crippen molar-refractivity contribution in [1.29, 1.82) is 0 Å². The summed E-state index contributed by atoms with van der Waals surface area (Å²) >= 11 is 0. The number of carbonyl (C=O) groups is 1. The Kier molecular flexibility index (Phi) is 5.40. The SMILES string of the molecule is CCCCOc1ccc2oc(C)c(C(=O)Nc3ccccc3[N+](=O)[O-])c2c1. The average Bonchev–Trinajstić information content (AvgIpc) is 2.97. The van der Waals surface area contributed by atoms with E-state index in [9.17, 15) is 14.9 Å². The first kappa shape index (κ1) is 18.4. The Labute approximate surface area is 156 Å². The fraction of sp³-hybridized carbons (Fsp3) is 0.250. The molecule has 3 rings (SSSR count). The van der Waals surface area contributed by atoms with Crippen LogP contribution in [-0.2, 0) is 0 Å². The highest BCUT2D eigenvalue weighted by atomic mass is 16.6. The summed E-state index contributed by atoms with van der Waals surface area (Å²) in [6.07, 6.45) is 1.96. The Morgan fingerprint density at radius 3 is 2.78 bits per heavy atom. The number of ether oxygens (including phenoxy) is 1. The maximum absolute atomic E-state index is 12.8. The minimum Gasteiger partial charge on any atom is -0.494 e. The number of furan rings is 1. The molecule has 1 heterocycles. The molecule has 0 aliphatic carbocycles. The van der Waals surface area contributed by atoms with Gasteiger partial charge in [-0.2, -0.15) is 0 Å². The molecule has 0 fully saturated rings. The number of para-hydroxylation sites is 2. The van der Waals surface area contributed by atoms with E-state index in [-0.39, 0.29) is 11.4 Å². The number of nitrogens with zero attached hydrogens (tertiary/aromatic N) is 1. The number of unbranched alkanes of at least 4 members (excludes halogenated alkanes) is 1. The number of nitro benzene ring substituents is 1. The van der Waals surface area contributed by atoms with Crippen LogP contribution in [0.15, 0.2) is 46.9 Å². The highest BCUT2D eigenvalue weighted by Gasteiger charge is 2.22. The summed E-state index contributed by atoms with van der Waals surface area (Å²) in [5.74, 6) is 0.620. The summed E-state index contributed by atoms with van der Waals surface area (Å²) < 4.78 is 11.4. The lowest BCUT2D eigenvalue weighted by Gasteiger charge is -2.07. The monoisotopic (exact) mass is 368 g/mol. The number of amides is 1. The number of fused-ring (bicyclic) bond motifs is 1. The van der Waals surface area contributed by atoms with Crippen molar-refractivity contribution in [3.8, 4) is 5.75 Å². The lowest BCUT2D eigenvalue weighted by atomic mass is 10.1. The molecule has 0 unspecified atom stereocenters. The second-order valence-corrected chi connectivity index (χ2v) is 6.12. The van der Waals surface area contributed by atoms with Crippen LogP contribution < -0.4 is 10.1 Å². The Balaban J connectivity index is 1.93. The maximum atomic E-state index is 12.8. The molecule has 1 amide bonds. The first-order chi connectivity index (χ1) is 13.0. The minimum atomic E-state index is -0.532. The number of hydrogen-bond acceptors (Lipinski definition) is 5.